The van der Waals surface area contributed by atoms with E-state index in [0.717, 1.165) is 6.92 Å². The summed E-state index contributed by atoms with van der Waals surface area (Å²) in [6.45, 7) is 6.19. The van der Waals surface area contributed by atoms with Crippen molar-refractivity contribution in [2.24, 2.45) is 0 Å². The monoisotopic (exact) mass is 491 g/mol. The van der Waals surface area contributed by atoms with Gasteiger partial charge in [-0.1, -0.05) is 6.07 Å². The molecule has 0 aliphatic carbocycles. The summed E-state index contributed by atoms with van der Waals surface area (Å²) in [5.74, 6) is -2.91. The number of esters is 2. The first kappa shape index (κ1) is 27.8. The molecule has 1 aliphatic rings. The lowest BCUT2D eigenvalue weighted by Gasteiger charge is -2.35. The molecule has 1 fully saturated rings. The average Bonchev–Trinajstić information content (AvgIpc) is 2.76. The van der Waals surface area contributed by atoms with Crippen LogP contribution >= 0.6 is 0 Å². The molecule has 3 amide bonds. The zero-order valence-corrected chi connectivity index (χ0v) is 21.2. The van der Waals surface area contributed by atoms with Crippen molar-refractivity contribution >= 4 is 35.3 Å². The van der Waals surface area contributed by atoms with Crippen molar-refractivity contribution in [2.45, 2.75) is 45.5 Å². The maximum Gasteiger partial charge on any atom is 0.351 e. The Balaban J connectivity index is 2.28. The number of rotatable bonds is 7. The lowest BCUT2D eigenvalue weighted by Crippen LogP contribution is -2.56. The quantitative estimate of drug-likeness (QED) is 0.515. The lowest BCUT2D eigenvalue weighted by molar-refractivity contribution is -0.188. The van der Waals surface area contributed by atoms with Crippen LogP contribution in [0.1, 0.15) is 38.1 Å². The number of hydrogen-bond acceptors (Lipinski definition) is 8. The number of anilines is 1. The van der Waals surface area contributed by atoms with E-state index in [1.54, 1.807) is 53.1 Å². The van der Waals surface area contributed by atoms with Gasteiger partial charge in [0.1, 0.15) is 5.60 Å². The topological polar surface area (TPSA) is 123 Å². The molecule has 0 N–H and O–H groups in total. The van der Waals surface area contributed by atoms with Gasteiger partial charge < -0.3 is 28.9 Å². The molecule has 1 saturated heterocycles. The first-order chi connectivity index (χ1) is 16.2. The van der Waals surface area contributed by atoms with E-state index in [1.807, 2.05) is 0 Å². The van der Waals surface area contributed by atoms with E-state index in [4.69, 9.17) is 14.2 Å². The predicted octanol–water partition coefficient (Wildman–Crippen LogP) is 0.852. The number of carbonyl (C=O) groups excluding carboxylic acids is 5. The van der Waals surface area contributed by atoms with Gasteiger partial charge in [-0.2, -0.15) is 0 Å². The minimum atomic E-state index is -1.59. The van der Waals surface area contributed by atoms with Crippen molar-refractivity contribution in [1.29, 1.82) is 0 Å². The number of ether oxygens (including phenoxy) is 3. The highest BCUT2D eigenvalue weighted by atomic mass is 16.6. The fourth-order valence-electron chi connectivity index (χ4n) is 3.29. The molecule has 11 heteroatoms. The van der Waals surface area contributed by atoms with E-state index in [9.17, 15) is 24.0 Å². The van der Waals surface area contributed by atoms with Crippen LogP contribution in [-0.2, 0) is 33.4 Å². The van der Waals surface area contributed by atoms with Crippen LogP contribution < -0.4 is 4.90 Å². The Bertz CT molecular complexity index is 985. The number of benzene rings is 1. The number of morpholine rings is 1. The van der Waals surface area contributed by atoms with Crippen molar-refractivity contribution in [2.75, 3.05) is 45.7 Å². The number of nitrogens with zero attached hydrogens (tertiary/aromatic N) is 3. The molecular formula is C24H33N3O8. The lowest BCUT2D eigenvalue weighted by atomic mass is 10.1. The van der Waals surface area contributed by atoms with E-state index in [2.05, 4.69) is 0 Å². The van der Waals surface area contributed by atoms with Gasteiger partial charge in [0.05, 0.1) is 13.2 Å². The molecular weight excluding hydrogens is 458 g/mol. The molecule has 1 heterocycles. The van der Waals surface area contributed by atoms with Crippen molar-refractivity contribution in [3.05, 3.63) is 29.8 Å². The van der Waals surface area contributed by atoms with E-state index in [1.165, 1.54) is 27.8 Å². The molecule has 35 heavy (non-hydrogen) atoms. The Morgan fingerprint density at radius 1 is 1.17 bits per heavy atom. The van der Waals surface area contributed by atoms with Crippen molar-refractivity contribution < 1.29 is 38.2 Å². The summed E-state index contributed by atoms with van der Waals surface area (Å²) in [4.78, 5) is 66.5. The summed E-state index contributed by atoms with van der Waals surface area (Å²) >= 11 is 0. The van der Waals surface area contributed by atoms with Gasteiger partial charge in [-0.3, -0.25) is 19.2 Å². The summed E-state index contributed by atoms with van der Waals surface area (Å²) in [6, 6.07) is 6.34. The minimum absolute atomic E-state index is 0.0619. The zero-order valence-electron chi connectivity index (χ0n) is 21.2. The van der Waals surface area contributed by atoms with Crippen LogP contribution in [0.5, 0.6) is 0 Å². The predicted molar refractivity (Wildman–Crippen MR) is 126 cm³/mol. The Kier molecular flexibility index (Phi) is 8.97. The molecule has 2 unspecified atom stereocenters. The molecule has 2 atom stereocenters. The zero-order chi connectivity index (χ0) is 26.5. The van der Waals surface area contributed by atoms with Crippen LogP contribution in [-0.4, -0.2) is 98.1 Å². The second-order valence-corrected chi connectivity index (χ2v) is 9.34. The molecule has 11 nitrogen and oxygen atoms in total. The summed E-state index contributed by atoms with van der Waals surface area (Å²) < 4.78 is 16.0. The Labute approximate surface area is 204 Å². The number of hydrogen-bond donors (Lipinski definition) is 0. The van der Waals surface area contributed by atoms with Gasteiger partial charge in [-0.25, -0.2) is 4.79 Å². The summed E-state index contributed by atoms with van der Waals surface area (Å²) in [5, 5.41) is 0. The third-order valence-electron chi connectivity index (χ3n) is 4.95. The third-order valence-corrected chi connectivity index (χ3v) is 4.95. The standard InChI is InChI=1S/C24H33N3O8/c1-15(28)34-20(23(32)35-24(2,3)4)19-22(31)27(11-12-33-19)17-10-8-9-16(13-17)21(30)26(7)14-18(29)25(5)6/h8-10,13,19-20H,11-12,14H2,1-7H3. The van der Waals surface area contributed by atoms with Crippen LogP contribution in [0.2, 0.25) is 0 Å². The highest BCUT2D eigenvalue weighted by Gasteiger charge is 2.44. The van der Waals surface area contributed by atoms with Gasteiger partial charge in [-0.15, -0.1) is 0 Å². The average molecular weight is 492 g/mol. The van der Waals surface area contributed by atoms with Gasteiger partial charge in [-0.05, 0) is 39.0 Å². The number of likely N-dealkylation sites (N-methyl/N-ethyl adjacent to an activating group) is 2. The van der Waals surface area contributed by atoms with E-state index >= 15 is 0 Å². The van der Waals surface area contributed by atoms with Gasteiger partial charge in [0.15, 0.2) is 6.10 Å². The molecule has 0 spiro atoms. The molecule has 0 radical (unpaired) electrons. The molecule has 0 saturated carbocycles. The van der Waals surface area contributed by atoms with Gasteiger partial charge in [0, 0.05) is 45.9 Å². The van der Waals surface area contributed by atoms with Crippen molar-refractivity contribution in [1.82, 2.24) is 9.80 Å². The molecule has 2 rings (SSSR count). The Hall–Kier alpha value is -3.47. The number of carbonyl (C=O) groups is 5. The molecule has 1 aliphatic heterocycles. The van der Waals surface area contributed by atoms with E-state index in [0.29, 0.717) is 5.69 Å². The maximum atomic E-state index is 13.3. The maximum absolute atomic E-state index is 13.3. The third kappa shape index (κ3) is 7.51. The number of amides is 3. The van der Waals surface area contributed by atoms with Crippen LogP contribution in [0.15, 0.2) is 24.3 Å². The largest absolute Gasteiger partial charge is 0.457 e. The van der Waals surface area contributed by atoms with E-state index in [-0.39, 0.29) is 31.2 Å². The van der Waals surface area contributed by atoms with E-state index < -0.39 is 41.6 Å². The molecule has 192 valence electrons. The van der Waals surface area contributed by atoms with Gasteiger partial charge >= 0.3 is 11.9 Å². The van der Waals surface area contributed by atoms with Gasteiger partial charge in [0.25, 0.3) is 11.8 Å². The fraction of sp³-hybridized carbons (Fsp3) is 0.542. The van der Waals surface area contributed by atoms with Crippen LogP contribution in [0.4, 0.5) is 5.69 Å². The Morgan fingerprint density at radius 3 is 2.40 bits per heavy atom. The second-order valence-electron chi connectivity index (χ2n) is 9.34. The normalized spacial score (nSPS) is 16.8. The smallest absolute Gasteiger partial charge is 0.351 e. The van der Waals surface area contributed by atoms with Crippen molar-refractivity contribution in [3.63, 3.8) is 0 Å². The van der Waals surface area contributed by atoms with Crippen LogP contribution in [0, 0.1) is 0 Å². The summed E-state index contributed by atoms with van der Waals surface area (Å²) in [6.07, 6.45) is -3.00. The molecule has 1 aromatic carbocycles. The summed E-state index contributed by atoms with van der Waals surface area (Å²) in [7, 11) is 4.71. The highest BCUT2D eigenvalue weighted by molar-refractivity contribution is 6.02. The van der Waals surface area contributed by atoms with Crippen LogP contribution in [0.25, 0.3) is 0 Å². The highest BCUT2D eigenvalue weighted by Crippen LogP contribution is 2.24. The van der Waals surface area contributed by atoms with Gasteiger partial charge in [0.2, 0.25) is 12.0 Å². The first-order valence-electron chi connectivity index (χ1n) is 11.1. The second kappa shape index (κ2) is 11.3. The first-order valence-corrected chi connectivity index (χ1v) is 11.1. The fourth-order valence-corrected chi connectivity index (χ4v) is 3.29. The van der Waals surface area contributed by atoms with Crippen LogP contribution in [0.3, 0.4) is 0 Å². The molecule has 0 aromatic heterocycles. The Morgan fingerprint density at radius 2 is 1.83 bits per heavy atom. The van der Waals surface area contributed by atoms with Crippen molar-refractivity contribution in [3.8, 4) is 0 Å². The minimum Gasteiger partial charge on any atom is -0.457 e. The molecule has 1 aromatic rings. The SMILES string of the molecule is CC(=O)OC(C(=O)OC(C)(C)C)C1OCCN(c2cccc(C(=O)N(C)CC(=O)N(C)C)c2)C1=O. The summed E-state index contributed by atoms with van der Waals surface area (Å²) in [5.41, 5.74) is -0.204. The molecule has 0 bridgehead atoms.